The second-order valence-corrected chi connectivity index (χ2v) is 7.57. The van der Waals surface area contributed by atoms with Crippen LogP contribution in [0.3, 0.4) is 0 Å². The zero-order chi connectivity index (χ0) is 24.8. The lowest BCUT2D eigenvalue weighted by Gasteiger charge is -2.19. The van der Waals surface area contributed by atoms with Crippen molar-refractivity contribution in [1.82, 2.24) is 26.1 Å². The Kier molecular flexibility index (Phi) is 12.2. The van der Waals surface area contributed by atoms with Crippen molar-refractivity contribution in [3.63, 3.8) is 0 Å². The molecule has 1 heterocycles. The average Bonchev–Trinajstić information content (AvgIpc) is 3.23. The van der Waals surface area contributed by atoms with Crippen LogP contribution in [0.1, 0.15) is 82.1 Å². The maximum atomic E-state index is 12.5. The summed E-state index contributed by atoms with van der Waals surface area (Å²) in [6.45, 7) is 2.34. The maximum absolute atomic E-state index is 12.5. The molecule has 0 saturated carbocycles. The molecule has 0 radical (unpaired) electrons. The van der Waals surface area contributed by atoms with Crippen LogP contribution in [-0.4, -0.2) is 56.9 Å². The Balaban J connectivity index is 2.84. The van der Waals surface area contributed by atoms with E-state index >= 15 is 0 Å². The number of aromatic nitrogens is 2. The lowest BCUT2D eigenvalue weighted by atomic mass is 10.1. The molecule has 0 unspecified atom stereocenters. The summed E-state index contributed by atoms with van der Waals surface area (Å²) in [5.41, 5.74) is 11.2. The summed E-state index contributed by atoms with van der Waals surface area (Å²) in [6.07, 6.45) is 3.45. The minimum absolute atomic E-state index is 0.0478. The quantitative estimate of drug-likeness (QED) is 0.0942. The standard InChI is InChI=1S/C19H34N8O6/c1-2-3-4-6-13(17(30)31)25-19(32)24-12(7-5-10-23-18(21)22)16-26-15(27-33-16)11(20)8-9-14(28)29/h11-13H,2-10,20H2,1H3,(H,28,29)(H,30,31)(H4,21,22,23)(H2,24,25,32)/t11-,12-,13-/m0/s1. The van der Waals surface area contributed by atoms with Crippen LogP contribution in [0.15, 0.2) is 4.52 Å². The van der Waals surface area contributed by atoms with E-state index in [1.54, 1.807) is 0 Å². The van der Waals surface area contributed by atoms with Crippen LogP contribution < -0.4 is 27.4 Å². The van der Waals surface area contributed by atoms with Gasteiger partial charge in [0.05, 0.1) is 6.04 Å². The molecule has 1 rings (SSSR count). The first-order valence-electron chi connectivity index (χ1n) is 10.8. The van der Waals surface area contributed by atoms with Crippen LogP contribution in [0, 0.1) is 5.41 Å². The van der Waals surface area contributed by atoms with E-state index in [2.05, 4.69) is 26.1 Å². The smallest absolute Gasteiger partial charge is 0.326 e. The van der Waals surface area contributed by atoms with Crippen molar-refractivity contribution in [1.29, 1.82) is 5.41 Å². The van der Waals surface area contributed by atoms with Gasteiger partial charge in [0.1, 0.15) is 12.1 Å². The second kappa shape index (κ2) is 14.6. The fourth-order valence-corrected chi connectivity index (χ4v) is 2.95. The van der Waals surface area contributed by atoms with Crippen molar-refractivity contribution < 1.29 is 29.1 Å². The van der Waals surface area contributed by atoms with Gasteiger partial charge in [-0.1, -0.05) is 31.3 Å². The van der Waals surface area contributed by atoms with Crippen LogP contribution in [0.4, 0.5) is 4.79 Å². The number of aliphatic carboxylic acids is 2. The minimum Gasteiger partial charge on any atom is -0.481 e. The van der Waals surface area contributed by atoms with Gasteiger partial charge in [-0.3, -0.25) is 10.2 Å². The first kappa shape index (κ1) is 27.6. The topological polar surface area (TPSA) is 243 Å². The van der Waals surface area contributed by atoms with Gasteiger partial charge in [-0.15, -0.1) is 0 Å². The minimum atomic E-state index is -1.13. The predicted molar refractivity (Wildman–Crippen MR) is 117 cm³/mol. The van der Waals surface area contributed by atoms with Crippen LogP contribution in [-0.2, 0) is 9.59 Å². The summed E-state index contributed by atoms with van der Waals surface area (Å²) in [5.74, 6) is -2.18. The van der Waals surface area contributed by atoms with Gasteiger partial charge in [0.2, 0.25) is 5.89 Å². The molecule has 3 atom stereocenters. The van der Waals surface area contributed by atoms with Crippen LogP contribution in [0.2, 0.25) is 0 Å². The molecule has 2 amide bonds. The van der Waals surface area contributed by atoms with E-state index in [1.165, 1.54) is 0 Å². The number of carboxylic acids is 2. The molecule has 0 aliphatic carbocycles. The van der Waals surface area contributed by atoms with Gasteiger partial charge in [-0.05, 0) is 25.7 Å². The van der Waals surface area contributed by atoms with Crippen molar-refractivity contribution in [3.8, 4) is 0 Å². The maximum Gasteiger partial charge on any atom is 0.326 e. The van der Waals surface area contributed by atoms with E-state index in [0.717, 1.165) is 12.8 Å². The average molecular weight is 471 g/mol. The van der Waals surface area contributed by atoms with E-state index in [0.29, 0.717) is 32.2 Å². The molecule has 33 heavy (non-hydrogen) atoms. The lowest BCUT2D eigenvalue weighted by molar-refractivity contribution is -0.139. The molecule has 1 aromatic rings. The van der Waals surface area contributed by atoms with Gasteiger partial charge in [0, 0.05) is 13.0 Å². The second-order valence-electron chi connectivity index (χ2n) is 7.57. The number of amides is 2. The Labute approximate surface area is 191 Å². The number of carbonyl (C=O) groups is 3. The first-order chi connectivity index (χ1) is 15.6. The highest BCUT2D eigenvalue weighted by atomic mass is 16.5. The van der Waals surface area contributed by atoms with Crippen molar-refractivity contribution in [3.05, 3.63) is 11.7 Å². The van der Waals surface area contributed by atoms with Crippen molar-refractivity contribution in [2.45, 2.75) is 76.4 Å². The van der Waals surface area contributed by atoms with E-state index in [4.69, 9.17) is 26.5 Å². The third kappa shape index (κ3) is 11.1. The summed E-state index contributed by atoms with van der Waals surface area (Å²) >= 11 is 0. The molecule has 0 spiro atoms. The molecule has 0 aliphatic heterocycles. The number of hydrogen-bond donors (Lipinski definition) is 8. The molecule has 0 aliphatic rings. The molecule has 0 fully saturated rings. The summed E-state index contributed by atoms with van der Waals surface area (Å²) < 4.78 is 5.23. The molecule has 186 valence electrons. The lowest BCUT2D eigenvalue weighted by Crippen LogP contribution is -2.47. The fraction of sp³-hybridized carbons (Fsp3) is 0.684. The molecule has 0 aromatic carbocycles. The Morgan fingerprint density at radius 3 is 2.45 bits per heavy atom. The Morgan fingerprint density at radius 1 is 1.12 bits per heavy atom. The highest BCUT2D eigenvalue weighted by Crippen LogP contribution is 2.20. The number of hydrogen-bond acceptors (Lipinski definition) is 8. The number of carbonyl (C=O) groups excluding carboxylic acids is 1. The van der Waals surface area contributed by atoms with Crippen molar-refractivity contribution in [2.24, 2.45) is 11.5 Å². The molecule has 0 bridgehead atoms. The molecular formula is C19H34N8O6. The highest BCUT2D eigenvalue weighted by Gasteiger charge is 2.26. The summed E-state index contributed by atoms with van der Waals surface area (Å²) in [6, 6.07) is -3.28. The Bertz CT molecular complexity index is 786. The van der Waals surface area contributed by atoms with Crippen molar-refractivity contribution >= 4 is 23.9 Å². The molecule has 0 saturated heterocycles. The van der Waals surface area contributed by atoms with E-state index in [-0.39, 0.29) is 30.5 Å². The van der Waals surface area contributed by atoms with E-state index in [1.807, 2.05) is 6.92 Å². The van der Waals surface area contributed by atoms with Crippen LogP contribution in [0.5, 0.6) is 0 Å². The first-order valence-corrected chi connectivity index (χ1v) is 10.8. The molecule has 14 heteroatoms. The van der Waals surface area contributed by atoms with E-state index in [9.17, 15) is 19.5 Å². The van der Waals surface area contributed by atoms with Gasteiger partial charge in [0.15, 0.2) is 11.8 Å². The number of nitrogens with two attached hydrogens (primary N) is 2. The molecule has 1 aromatic heterocycles. The number of rotatable bonds is 16. The zero-order valence-corrected chi connectivity index (χ0v) is 18.7. The van der Waals surface area contributed by atoms with Gasteiger partial charge in [-0.2, -0.15) is 4.98 Å². The van der Waals surface area contributed by atoms with Gasteiger partial charge in [-0.25, -0.2) is 9.59 Å². The third-order valence-corrected chi connectivity index (χ3v) is 4.75. The summed E-state index contributed by atoms with van der Waals surface area (Å²) in [7, 11) is 0. The van der Waals surface area contributed by atoms with Crippen LogP contribution in [0.25, 0.3) is 0 Å². The summed E-state index contributed by atoms with van der Waals surface area (Å²) in [5, 5.41) is 36.9. The van der Waals surface area contributed by atoms with Gasteiger partial charge >= 0.3 is 18.0 Å². The Morgan fingerprint density at radius 2 is 1.85 bits per heavy atom. The number of nitrogens with zero attached hydrogens (tertiary/aromatic N) is 2. The fourth-order valence-electron chi connectivity index (χ4n) is 2.95. The van der Waals surface area contributed by atoms with E-state index < -0.39 is 36.1 Å². The molecular weight excluding hydrogens is 436 g/mol. The number of carboxylic acid groups (broad SMARTS) is 2. The Hall–Kier alpha value is -3.42. The van der Waals surface area contributed by atoms with Crippen LogP contribution >= 0.6 is 0 Å². The third-order valence-electron chi connectivity index (χ3n) is 4.75. The predicted octanol–water partition coefficient (Wildman–Crippen LogP) is 0.571. The number of unbranched alkanes of at least 4 members (excludes halogenated alkanes) is 2. The molecule has 14 nitrogen and oxygen atoms in total. The monoisotopic (exact) mass is 470 g/mol. The van der Waals surface area contributed by atoms with Crippen molar-refractivity contribution in [2.75, 3.05) is 6.54 Å². The largest absolute Gasteiger partial charge is 0.481 e. The number of nitrogens with one attached hydrogen (secondary N) is 4. The zero-order valence-electron chi connectivity index (χ0n) is 18.7. The highest BCUT2D eigenvalue weighted by molar-refractivity contribution is 5.82. The summed E-state index contributed by atoms with van der Waals surface area (Å²) in [4.78, 5) is 38.9. The SMILES string of the molecule is CCCCC[C@H](NC(=O)N[C@@H](CCCNC(=N)N)c1nc([C@@H](N)CCC(=O)O)no1)C(=O)O. The number of guanidine groups is 1. The van der Waals surface area contributed by atoms with Gasteiger partial charge < -0.3 is 42.2 Å². The number of urea groups is 1. The normalized spacial score (nSPS) is 13.5. The molecule has 10 N–H and O–H groups in total. The van der Waals surface area contributed by atoms with Gasteiger partial charge in [0.25, 0.3) is 0 Å².